The van der Waals surface area contributed by atoms with E-state index in [9.17, 15) is 8.42 Å². The summed E-state index contributed by atoms with van der Waals surface area (Å²) in [6.45, 7) is 0.576. The van der Waals surface area contributed by atoms with E-state index in [1.54, 1.807) is 37.4 Å². The molecule has 0 atom stereocenters. The fourth-order valence-electron chi connectivity index (χ4n) is 1.63. The molecule has 7 heteroatoms. The van der Waals surface area contributed by atoms with Gasteiger partial charge in [-0.3, -0.25) is 4.72 Å². The van der Waals surface area contributed by atoms with Crippen molar-refractivity contribution in [2.45, 2.75) is 11.4 Å². The van der Waals surface area contributed by atoms with Gasteiger partial charge in [0, 0.05) is 23.5 Å². The molecule has 0 saturated carbocycles. The Morgan fingerprint density at radius 2 is 2.11 bits per heavy atom. The first-order valence-electron chi connectivity index (χ1n) is 5.61. The maximum atomic E-state index is 12.1. The van der Waals surface area contributed by atoms with E-state index in [4.69, 9.17) is 11.6 Å². The summed E-state index contributed by atoms with van der Waals surface area (Å²) in [7, 11) is -1.80. The van der Waals surface area contributed by atoms with Crippen molar-refractivity contribution in [2.24, 2.45) is 0 Å². The Morgan fingerprint density at radius 3 is 2.79 bits per heavy atom. The van der Waals surface area contributed by atoms with Gasteiger partial charge in [-0.05, 0) is 31.3 Å². The highest BCUT2D eigenvalue weighted by Crippen LogP contribution is 2.19. The van der Waals surface area contributed by atoms with E-state index in [-0.39, 0.29) is 4.90 Å². The van der Waals surface area contributed by atoms with Gasteiger partial charge in [-0.25, -0.2) is 8.42 Å². The molecule has 3 N–H and O–H groups in total. The number of sulfonamides is 1. The minimum absolute atomic E-state index is 0.192. The van der Waals surface area contributed by atoms with Crippen molar-refractivity contribution in [3.63, 3.8) is 0 Å². The van der Waals surface area contributed by atoms with Crippen molar-refractivity contribution < 1.29 is 8.42 Å². The summed E-state index contributed by atoms with van der Waals surface area (Å²) < 4.78 is 26.7. The number of benzene rings is 1. The van der Waals surface area contributed by atoms with Crippen LogP contribution in [0.15, 0.2) is 41.4 Å². The van der Waals surface area contributed by atoms with Crippen molar-refractivity contribution >= 4 is 27.3 Å². The fourth-order valence-corrected chi connectivity index (χ4v) is 2.89. The lowest BCUT2D eigenvalue weighted by atomic mass is 10.3. The van der Waals surface area contributed by atoms with Gasteiger partial charge >= 0.3 is 0 Å². The second-order valence-electron chi connectivity index (χ2n) is 4.01. The highest BCUT2D eigenvalue weighted by Gasteiger charge is 2.16. The van der Waals surface area contributed by atoms with Gasteiger partial charge in [0.05, 0.1) is 5.69 Å². The molecule has 1 aromatic carbocycles. The Balaban J connectivity index is 2.22. The third-order valence-electron chi connectivity index (χ3n) is 2.47. The number of H-pyrrole nitrogens is 1. The van der Waals surface area contributed by atoms with E-state index in [0.29, 0.717) is 17.3 Å². The summed E-state index contributed by atoms with van der Waals surface area (Å²) in [5.41, 5.74) is 1.23. The Morgan fingerprint density at radius 1 is 1.32 bits per heavy atom. The van der Waals surface area contributed by atoms with Gasteiger partial charge in [0.1, 0.15) is 4.90 Å². The molecule has 0 saturated heterocycles. The zero-order valence-electron chi connectivity index (χ0n) is 10.3. The van der Waals surface area contributed by atoms with Crippen LogP contribution in [0.5, 0.6) is 0 Å². The first-order valence-corrected chi connectivity index (χ1v) is 7.47. The molecule has 0 spiro atoms. The molecule has 0 bridgehead atoms. The fraction of sp³-hybridized carbons (Fsp3) is 0.167. The van der Waals surface area contributed by atoms with Gasteiger partial charge in [-0.1, -0.05) is 17.7 Å². The molecular weight excluding hydrogens is 286 g/mol. The van der Waals surface area contributed by atoms with Crippen LogP contribution in [-0.2, 0) is 16.6 Å². The molecule has 0 aliphatic carbocycles. The number of aromatic amines is 1. The van der Waals surface area contributed by atoms with Crippen molar-refractivity contribution in [3.05, 3.63) is 47.2 Å². The lowest BCUT2D eigenvalue weighted by Gasteiger charge is -2.06. The summed E-state index contributed by atoms with van der Waals surface area (Å²) in [5, 5.41) is 3.42. The summed E-state index contributed by atoms with van der Waals surface area (Å²) in [5.74, 6) is 0. The Bertz CT molecular complexity index is 667. The van der Waals surface area contributed by atoms with E-state index in [0.717, 1.165) is 5.69 Å². The summed E-state index contributed by atoms with van der Waals surface area (Å²) >= 11 is 5.82. The van der Waals surface area contributed by atoms with Crippen molar-refractivity contribution in [1.82, 2.24) is 10.3 Å². The standard InChI is InChI=1S/C12H14ClN3O2S/c1-14-7-11-6-12(8-15-11)19(17,18)16-10-4-2-3-9(13)5-10/h2-6,8,14-16H,7H2,1H3. The second-order valence-corrected chi connectivity index (χ2v) is 6.13. The highest BCUT2D eigenvalue weighted by atomic mass is 35.5. The molecule has 102 valence electrons. The largest absolute Gasteiger partial charge is 0.363 e. The lowest BCUT2D eigenvalue weighted by molar-refractivity contribution is 0.601. The minimum Gasteiger partial charge on any atom is -0.363 e. The third-order valence-corrected chi connectivity index (χ3v) is 4.07. The summed E-state index contributed by atoms with van der Waals surface area (Å²) in [6.07, 6.45) is 1.46. The quantitative estimate of drug-likeness (QED) is 0.792. The molecule has 19 heavy (non-hydrogen) atoms. The zero-order chi connectivity index (χ0) is 13.9. The van der Waals surface area contributed by atoms with Crippen molar-refractivity contribution in [1.29, 1.82) is 0 Å². The molecule has 0 fully saturated rings. The second kappa shape index (κ2) is 5.64. The van der Waals surface area contributed by atoms with Gasteiger partial charge in [0.15, 0.2) is 0 Å². The van der Waals surface area contributed by atoms with Crippen molar-refractivity contribution in [2.75, 3.05) is 11.8 Å². The van der Waals surface area contributed by atoms with Crippen LogP contribution >= 0.6 is 11.6 Å². The van der Waals surface area contributed by atoms with E-state index >= 15 is 0 Å². The first-order chi connectivity index (χ1) is 9.01. The first kappa shape index (κ1) is 13.9. The molecule has 0 unspecified atom stereocenters. The number of rotatable bonds is 5. The average Bonchev–Trinajstić information content (AvgIpc) is 2.78. The lowest BCUT2D eigenvalue weighted by Crippen LogP contribution is -2.12. The van der Waals surface area contributed by atoms with Crippen LogP contribution in [-0.4, -0.2) is 20.4 Å². The number of aromatic nitrogens is 1. The number of anilines is 1. The zero-order valence-corrected chi connectivity index (χ0v) is 11.8. The van der Waals surface area contributed by atoms with Gasteiger partial charge < -0.3 is 10.3 Å². The van der Waals surface area contributed by atoms with E-state index < -0.39 is 10.0 Å². The smallest absolute Gasteiger partial charge is 0.263 e. The summed E-state index contributed by atoms with van der Waals surface area (Å²) in [4.78, 5) is 3.09. The molecule has 1 aromatic heterocycles. The molecule has 0 amide bonds. The van der Waals surface area contributed by atoms with Gasteiger partial charge in [0.25, 0.3) is 10.0 Å². The Labute approximate surface area is 117 Å². The molecule has 0 aliphatic rings. The van der Waals surface area contributed by atoms with Crippen LogP contribution in [0.1, 0.15) is 5.69 Å². The maximum absolute atomic E-state index is 12.1. The molecular formula is C12H14ClN3O2S. The average molecular weight is 300 g/mol. The number of hydrogen-bond acceptors (Lipinski definition) is 3. The van der Waals surface area contributed by atoms with Crippen LogP contribution in [0.25, 0.3) is 0 Å². The van der Waals surface area contributed by atoms with Gasteiger partial charge in [-0.15, -0.1) is 0 Å². The minimum atomic E-state index is -3.60. The van der Waals surface area contributed by atoms with Crippen LogP contribution in [0, 0.1) is 0 Å². The Kier molecular flexibility index (Phi) is 4.14. The van der Waals surface area contributed by atoms with Crippen LogP contribution in [0.4, 0.5) is 5.69 Å². The SMILES string of the molecule is CNCc1cc(S(=O)(=O)Nc2cccc(Cl)c2)c[nH]1. The number of halogens is 1. The van der Waals surface area contributed by atoms with Gasteiger partial charge in [-0.2, -0.15) is 0 Å². The molecule has 2 aromatic rings. The van der Waals surface area contributed by atoms with Crippen LogP contribution < -0.4 is 10.0 Å². The van der Waals surface area contributed by atoms with Crippen LogP contribution in [0.2, 0.25) is 5.02 Å². The Hall–Kier alpha value is -1.50. The van der Waals surface area contributed by atoms with Crippen LogP contribution in [0.3, 0.4) is 0 Å². The summed E-state index contributed by atoms with van der Waals surface area (Å²) in [6, 6.07) is 8.15. The third kappa shape index (κ3) is 3.50. The normalized spacial score (nSPS) is 11.5. The molecule has 1 heterocycles. The van der Waals surface area contributed by atoms with E-state index in [1.807, 2.05) is 0 Å². The topological polar surface area (TPSA) is 74.0 Å². The highest BCUT2D eigenvalue weighted by molar-refractivity contribution is 7.92. The molecule has 2 rings (SSSR count). The molecule has 0 radical (unpaired) electrons. The number of nitrogens with one attached hydrogen (secondary N) is 3. The molecule has 0 aliphatic heterocycles. The molecule has 5 nitrogen and oxygen atoms in total. The van der Waals surface area contributed by atoms with E-state index in [2.05, 4.69) is 15.0 Å². The number of hydrogen-bond donors (Lipinski definition) is 3. The van der Waals surface area contributed by atoms with Crippen molar-refractivity contribution in [3.8, 4) is 0 Å². The predicted octanol–water partition coefficient (Wildman–Crippen LogP) is 2.19. The van der Waals surface area contributed by atoms with Gasteiger partial charge in [0.2, 0.25) is 0 Å². The predicted molar refractivity (Wildman–Crippen MR) is 75.8 cm³/mol. The van der Waals surface area contributed by atoms with E-state index in [1.165, 1.54) is 6.20 Å². The monoisotopic (exact) mass is 299 g/mol. The maximum Gasteiger partial charge on any atom is 0.263 e.